The highest BCUT2D eigenvalue weighted by molar-refractivity contribution is 6.16. The van der Waals surface area contributed by atoms with Gasteiger partial charge in [0.05, 0.1) is 5.69 Å². The monoisotopic (exact) mass is 360 g/mol. The molecule has 2 bridgehead atoms. The molecule has 1 saturated heterocycles. The van der Waals surface area contributed by atoms with Crippen LogP contribution in [0.1, 0.15) is 15.9 Å². The van der Waals surface area contributed by atoms with E-state index in [1.54, 1.807) is 36.4 Å². The van der Waals surface area contributed by atoms with Crippen LogP contribution in [0.25, 0.3) is 0 Å². The molecule has 134 valence electrons. The highest BCUT2D eigenvalue weighted by Crippen LogP contribution is 2.42. The Hall–Kier alpha value is -3.25. The molecule has 2 aromatic carbocycles. The van der Waals surface area contributed by atoms with Gasteiger partial charge in [0.1, 0.15) is 12.6 Å². The lowest BCUT2D eigenvalue weighted by atomic mass is 9.98. The van der Waals surface area contributed by atoms with Gasteiger partial charge in [-0.1, -0.05) is 42.5 Å². The van der Waals surface area contributed by atoms with Crippen molar-refractivity contribution in [3.05, 3.63) is 77.9 Å². The van der Waals surface area contributed by atoms with Gasteiger partial charge in [0, 0.05) is 12.1 Å². The van der Waals surface area contributed by atoms with Gasteiger partial charge < -0.3 is 9.64 Å². The summed E-state index contributed by atoms with van der Waals surface area (Å²) in [5.74, 6) is -0.865. The van der Waals surface area contributed by atoms with Crippen molar-refractivity contribution in [2.75, 3.05) is 11.4 Å². The van der Waals surface area contributed by atoms with E-state index in [-0.39, 0.29) is 24.1 Å². The van der Waals surface area contributed by atoms with Crippen molar-refractivity contribution < 1.29 is 19.1 Å². The number of Topliss-reactive ketones (excluding diaryl/α,β-unsaturated/α-hetero) is 1. The first-order valence-electron chi connectivity index (χ1n) is 8.77. The fourth-order valence-corrected chi connectivity index (χ4v) is 3.97. The minimum atomic E-state index is -1.60. The van der Waals surface area contributed by atoms with E-state index in [9.17, 15) is 14.4 Å². The Morgan fingerprint density at radius 2 is 1.74 bits per heavy atom. The minimum absolute atomic E-state index is 0.0696. The Morgan fingerprint density at radius 1 is 1.00 bits per heavy atom. The average molecular weight is 360 g/mol. The standard InChI is InChI=1S/C21H16N2O4/c24-18-13-22(12-14-6-2-1-3-7-14)20(26)21-11-10-17(27-21)19(25)15-8-4-5-9-16(15)23(18)21/h1-11,17H,12-13H2/t17-,21+/m1/s1. The smallest absolute Gasteiger partial charge is 0.281 e. The zero-order valence-electron chi connectivity index (χ0n) is 14.4. The zero-order valence-corrected chi connectivity index (χ0v) is 14.4. The third-order valence-corrected chi connectivity index (χ3v) is 5.19. The van der Waals surface area contributed by atoms with Crippen molar-refractivity contribution in [3.8, 4) is 0 Å². The lowest BCUT2D eigenvalue weighted by Crippen LogP contribution is -2.68. The van der Waals surface area contributed by atoms with Crippen LogP contribution in [-0.4, -0.2) is 40.9 Å². The molecule has 5 rings (SSSR count). The van der Waals surface area contributed by atoms with Crippen LogP contribution in [0.15, 0.2) is 66.7 Å². The van der Waals surface area contributed by atoms with E-state index in [2.05, 4.69) is 0 Å². The molecule has 1 spiro atoms. The van der Waals surface area contributed by atoms with Crippen LogP contribution in [0.3, 0.4) is 0 Å². The maximum absolute atomic E-state index is 13.4. The van der Waals surface area contributed by atoms with Crippen molar-refractivity contribution in [2.45, 2.75) is 18.4 Å². The van der Waals surface area contributed by atoms with Crippen LogP contribution >= 0.6 is 0 Å². The molecule has 3 heterocycles. The quantitative estimate of drug-likeness (QED) is 0.768. The summed E-state index contributed by atoms with van der Waals surface area (Å²) in [6, 6.07) is 16.3. The number of hydrogen-bond acceptors (Lipinski definition) is 4. The molecule has 3 aliphatic heterocycles. The van der Waals surface area contributed by atoms with Gasteiger partial charge >= 0.3 is 0 Å². The predicted molar refractivity (Wildman–Crippen MR) is 96.9 cm³/mol. The highest BCUT2D eigenvalue weighted by Gasteiger charge is 2.59. The summed E-state index contributed by atoms with van der Waals surface area (Å²) < 4.78 is 5.91. The lowest BCUT2D eigenvalue weighted by Gasteiger charge is -2.45. The van der Waals surface area contributed by atoms with E-state index in [0.717, 1.165) is 5.56 Å². The van der Waals surface area contributed by atoms with Crippen molar-refractivity contribution in [2.24, 2.45) is 0 Å². The van der Waals surface area contributed by atoms with Crippen molar-refractivity contribution >= 4 is 23.3 Å². The fraction of sp³-hybridized carbons (Fsp3) is 0.190. The van der Waals surface area contributed by atoms with Crippen LogP contribution in [0.2, 0.25) is 0 Å². The first kappa shape index (κ1) is 16.0. The van der Waals surface area contributed by atoms with Crippen LogP contribution in [0.4, 0.5) is 5.69 Å². The summed E-state index contributed by atoms with van der Waals surface area (Å²) in [7, 11) is 0. The molecule has 0 N–H and O–H groups in total. The van der Waals surface area contributed by atoms with Crippen LogP contribution < -0.4 is 4.90 Å². The van der Waals surface area contributed by atoms with Gasteiger partial charge in [-0.15, -0.1) is 0 Å². The van der Waals surface area contributed by atoms with E-state index < -0.39 is 11.8 Å². The Kier molecular flexibility index (Phi) is 3.32. The molecule has 1 fully saturated rings. The largest absolute Gasteiger partial charge is 0.328 e. The first-order valence-corrected chi connectivity index (χ1v) is 8.77. The number of benzene rings is 2. The molecule has 2 amide bonds. The molecule has 27 heavy (non-hydrogen) atoms. The second-order valence-corrected chi connectivity index (χ2v) is 6.85. The number of carbonyl (C=O) groups is 3. The predicted octanol–water partition coefficient (Wildman–Crippen LogP) is 1.91. The molecule has 0 saturated carbocycles. The number of nitrogens with zero attached hydrogens (tertiary/aromatic N) is 2. The maximum atomic E-state index is 13.4. The topological polar surface area (TPSA) is 66.9 Å². The average Bonchev–Trinajstić information content (AvgIpc) is 3.08. The second-order valence-electron chi connectivity index (χ2n) is 6.85. The third-order valence-electron chi connectivity index (χ3n) is 5.19. The molecule has 0 aliphatic carbocycles. The van der Waals surface area contributed by atoms with Crippen molar-refractivity contribution in [1.82, 2.24) is 4.90 Å². The van der Waals surface area contributed by atoms with E-state index in [1.165, 1.54) is 9.80 Å². The number of ketones is 1. The van der Waals surface area contributed by atoms with Gasteiger partial charge in [-0.3, -0.25) is 19.3 Å². The van der Waals surface area contributed by atoms with Gasteiger partial charge in [0.15, 0.2) is 5.78 Å². The van der Waals surface area contributed by atoms with Crippen molar-refractivity contribution in [1.29, 1.82) is 0 Å². The number of amides is 2. The lowest BCUT2D eigenvalue weighted by molar-refractivity contribution is -0.162. The van der Waals surface area contributed by atoms with Gasteiger partial charge in [-0.25, -0.2) is 0 Å². The molecule has 0 unspecified atom stereocenters. The molecular formula is C21H16N2O4. The zero-order chi connectivity index (χ0) is 18.6. The Balaban J connectivity index is 1.61. The SMILES string of the molecule is O=C1c2ccccc2N2C(=O)CN(Cc3ccccc3)C(=O)[C@@]23C=C[C@H]1O3. The van der Waals surface area contributed by atoms with Gasteiger partial charge in [-0.05, 0) is 29.8 Å². The van der Waals surface area contributed by atoms with E-state index in [0.29, 0.717) is 17.8 Å². The first-order chi connectivity index (χ1) is 13.1. The molecule has 0 aromatic heterocycles. The summed E-state index contributed by atoms with van der Waals surface area (Å²) in [6.45, 7) is 0.234. The molecule has 6 nitrogen and oxygen atoms in total. The van der Waals surface area contributed by atoms with Crippen LogP contribution in [-0.2, 0) is 20.9 Å². The third kappa shape index (κ3) is 2.20. The number of piperazine rings is 1. The Bertz CT molecular complexity index is 1000. The Labute approximate surface area is 155 Å². The number of carbonyl (C=O) groups excluding carboxylic acids is 3. The molecule has 2 aromatic rings. The molecule has 2 atom stereocenters. The van der Waals surface area contributed by atoms with E-state index in [1.807, 2.05) is 30.3 Å². The second kappa shape index (κ2) is 5.62. The Morgan fingerprint density at radius 3 is 2.56 bits per heavy atom. The summed E-state index contributed by atoms with van der Waals surface area (Å²) in [5.41, 5.74) is 0.141. The fourth-order valence-electron chi connectivity index (χ4n) is 3.97. The van der Waals surface area contributed by atoms with E-state index >= 15 is 0 Å². The molecule has 3 aliphatic rings. The van der Waals surface area contributed by atoms with Crippen LogP contribution in [0, 0.1) is 0 Å². The molecular weight excluding hydrogens is 344 g/mol. The number of ether oxygens (including phenoxy) is 1. The van der Waals surface area contributed by atoms with Crippen molar-refractivity contribution in [3.63, 3.8) is 0 Å². The minimum Gasteiger partial charge on any atom is -0.328 e. The van der Waals surface area contributed by atoms with Gasteiger partial charge in [0.2, 0.25) is 11.6 Å². The molecule has 6 heteroatoms. The number of anilines is 1. The summed E-state index contributed by atoms with van der Waals surface area (Å²) in [6.07, 6.45) is 2.25. The summed E-state index contributed by atoms with van der Waals surface area (Å²) in [4.78, 5) is 42.1. The summed E-state index contributed by atoms with van der Waals surface area (Å²) >= 11 is 0. The van der Waals surface area contributed by atoms with Crippen LogP contribution in [0.5, 0.6) is 0 Å². The highest BCUT2D eigenvalue weighted by atomic mass is 16.5. The van der Waals surface area contributed by atoms with Gasteiger partial charge in [0.25, 0.3) is 5.91 Å². The summed E-state index contributed by atoms with van der Waals surface area (Å²) in [5, 5.41) is 0. The molecule has 0 radical (unpaired) electrons. The maximum Gasteiger partial charge on any atom is 0.281 e. The number of fused-ring (bicyclic) bond motifs is 3. The van der Waals surface area contributed by atoms with E-state index in [4.69, 9.17) is 4.74 Å². The number of para-hydroxylation sites is 1. The normalized spacial score (nSPS) is 26.1. The van der Waals surface area contributed by atoms with Gasteiger partial charge in [-0.2, -0.15) is 0 Å². The number of hydrogen-bond donors (Lipinski definition) is 0. The number of rotatable bonds is 2.